The van der Waals surface area contributed by atoms with E-state index in [0.29, 0.717) is 27.1 Å². The second kappa shape index (κ2) is 7.26. The smallest absolute Gasteiger partial charge is 0.315 e. The second-order valence-electron chi connectivity index (χ2n) is 7.76. The Bertz CT molecular complexity index is 1260. The Morgan fingerprint density at radius 2 is 1.93 bits per heavy atom. The number of aryl methyl sites for hydroxylation is 3. The van der Waals surface area contributed by atoms with Gasteiger partial charge in [0.25, 0.3) is 0 Å². The van der Waals surface area contributed by atoms with Crippen LogP contribution in [0.1, 0.15) is 58.6 Å². The summed E-state index contributed by atoms with van der Waals surface area (Å²) in [5.74, 6) is 0.417. The third-order valence-corrected chi connectivity index (χ3v) is 7.21. The minimum absolute atomic E-state index is 0.293. The van der Waals surface area contributed by atoms with E-state index in [1.54, 1.807) is 0 Å². The monoisotopic (exact) mass is 421 g/mol. The fourth-order valence-electron chi connectivity index (χ4n) is 4.58. The van der Waals surface area contributed by atoms with Crippen molar-refractivity contribution in [1.82, 2.24) is 0 Å². The van der Waals surface area contributed by atoms with E-state index >= 15 is 0 Å². The summed E-state index contributed by atoms with van der Waals surface area (Å²) in [4.78, 5) is 16.6. The van der Waals surface area contributed by atoms with Crippen molar-refractivity contribution in [3.63, 3.8) is 0 Å². The Hall–Kier alpha value is -3.18. The molecule has 2 aliphatic rings. The molecule has 0 radical (unpaired) electrons. The van der Waals surface area contributed by atoms with Crippen LogP contribution in [-0.2, 0) is 25.7 Å². The molecule has 1 N–H and O–H groups in total. The molecule has 2 heterocycles. The lowest BCUT2D eigenvalue weighted by Gasteiger charge is -2.10. The number of hydrogen-bond donors (Lipinski definition) is 1. The summed E-state index contributed by atoms with van der Waals surface area (Å²) in [5, 5.41) is 33.1. The van der Waals surface area contributed by atoms with Crippen LogP contribution in [-0.4, -0.2) is 16.2 Å². The Morgan fingerprint density at radius 3 is 2.70 bits per heavy atom. The molecule has 0 amide bonds. The zero-order chi connectivity index (χ0) is 20.8. The van der Waals surface area contributed by atoms with Crippen molar-refractivity contribution in [3.05, 3.63) is 49.1 Å². The molecule has 0 atom stereocenters. The number of aliphatic imine (C=N–C) groups is 1. The Labute approximate surface area is 176 Å². The van der Waals surface area contributed by atoms with Crippen molar-refractivity contribution < 1.29 is 14.4 Å². The molecular formula is C22H19N3O4S. The van der Waals surface area contributed by atoms with E-state index in [0.717, 1.165) is 68.3 Å². The number of thiophene rings is 1. The highest BCUT2D eigenvalue weighted by molar-refractivity contribution is 7.16. The number of rotatable bonds is 3. The number of nitro groups is 1. The van der Waals surface area contributed by atoms with Crippen molar-refractivity contribution in [2.45, 2.75) is 51.4 Å². The molecule has 0 bridgehead atoms. The van der Waals surface area contributed by atoms with Crippen LogP contribution in [0.2, 0.25) is 0 Å². The normalized spacial score (nSPS) is 15.8. The van der Waals surface area contributed by atoms with Gasteiger partial charge in [-0.25, -0.2) is 4.99 Å². The van der Waals surface area contributed by atoms with Gasteiger partial charge in [0.05, 0.1) is 22.1 Å². The van der Waals surface area contributed by atoms with Gasteiger partial charge in [-0.05, 0) is 50.5 Å². The van der Waals surface area contributed by atoms with Crippen LogP contribution in [0, 0.1) is 21.4 Å². The predicted octanol–water partition coefficient (Wildman–Crippen LogP) is 5.49. The number of nitrogens with zero attached hydrogens (tertiary/aromatic N) is 3. The van der Waals surface area contributed by atoms with Gasteiger partial charge in [0.1, 0.15) is 22.4 Å². The fraction of sp³-hybridized carbons (Fsp3) is 0.364. The van der Waals surface area contributed by atoms with E-state index in [1.165, 1.54) is 28.5 Å². The molecule has 0 aliphatic heterocycles. The van der Waals surface area contributed by atoms with Gasteiger partial charge in [0, 0.05) is 28.5 Å². The van der Waals surface area contributed by atoms with E-state index in [4.69, 9.17) is 4.42 Å². The topological polar surface area (TPSA) is 113 Å². The highest BCUT2D eigenvalue weighted by Gasteiger charge is 2.27. The first-order valence-corrected chi connectivity index (χ1v) is 10.9. The number of aromatic hydroxyl groups is 1. The summed E-state index contributed by atoms with van der Waals surface area (Å²) in [5.41, 5.74) is 2.95. The molecule has 0 saturated carbocycles. The predicted molar refractivity (Wildman–Crippen MR) is 114 cm³/mol. The van der Waals surface area contributed by atoms with Crippen LogP contribution < -0.4 is 0 Å². The first-order valence-electron chi connectivity index (χ1n) is 10.1. The minimum Gasteiger partial charge on any atom is -0.502 e. The average molecular weight is 421 g/mol. The third-order valence-electron chi connectivity index (χ3n) is 6.01. The van der Waals surface area contributed by atoms with Gasteiger partial charge < -0.3 is 9.52 Å². The molecular weight excluding hydrogens is 402 g/mol. The summed E-state index contributed by atoms with van der Waals surface area (Å²) < 4.78 is 5.91. The summed E-state index contributed by atoms with van der Waals surface area (Å²) in [6.45, 7) is 0. The maximum Gasteiger partial charge on any atom is 0.315 e. The molecule has 0 saturated heterocycles. The molecule has 2 aromatic heterocycles. The minimum atomic E-state index is -0.613. The molecule has 7 nitrogen and oxygen atoms in total. The first-order chi connectivity index (χ1) is 14.6. The number of phenols is 1. The first kappa shape index (κ1) is 18.8. The molecule has 152 valence electrons. The van der Waals surface area contributed by atoms with Gasteiger partial charge in [-0.2, -0.15) is 5.26 Å². The van der Waals surface area contributed by atoms with Gasteiger partial charge >= 0.3 is 5.69 Å². The summed E-state index contributed by atoms with van der Waals surface area (Å²) in [6.07, 6.45) is 9.07. The molecule has 5 rings (SSSR count). The molecule has 0 unspecified atom stereocenters. The number of nitriles is 1. The molecule has 3 aromatic rings. The SMILES string of the molecule is N#Cc1c(N=Cc2c(O)c([N+](=O)[O-])cc3oc4c(c23)CCCC4)sc2c1CCCC2. The molecule has 8 heteroatoms. The van der Waals surface area contributed by atoms with Crippen LogP contribution in [0.3, 0.4) is 0 Å². The zero-order valence-electron chi connectivity index (χ0n) is 16.2. The highest BCUT2D eigenvalue weighted by Crippen LogP contribution is 2.43. The highest BCUT2D eigenvalue weighted by atomic mass is 32.1. The van der Waals surface area contributed by atoms with Crippen LogP contribution in [0.5, 0.6) is 5.75 Å². The van der Waals surface area contributed by atoms with Crippen molar-refractivity contribution in [2.24, 2.45) is 4.99 Å². The molecule has 2 aliphatic carbocycles. The van der Waals surface area contributed by atoms with E-state index in [2.05, 4.69) is 11.1 Å². The van der Waals surface area contributed by atoms with Crippen molar-refractivity contribution in [3.8, 4) is 11.8 Å². The van der Waals surface area contributed by atoms with Gasteiger partial charge in [0.2, 0.25) is 5.75 Å². The quantitative estimate of drug-likeness (QED) is 0.341. The van der Waals surface area contributed by atoms with Crippen LogP contribution >= 0.6 is 11.3 Å². The van der Waals surface area contributed by atoms with Gasteiger partial charge in [-0.1, -0.05) is 0 Å². The molecule has 0 fully saturated rings. The number of hydrogen-bond acceptors (Lipinski definition) is 7. The third kappa shape index (κ3) is 2.89. The lowest BCUT2D eigenvalue weighted by molar-refractivity contribution is -0.385. The molecule has 30 heavy (non-hydrogen) atoms. The van der Waals surface area contributed by atoms with Gasteiger partial charge in [-0.15, -0.1) is 11.3 Å². The van der Waals surface area contributed by atoms with E-state index in [1.807, 2.05) is 0 Å². The van der Waals surface area contributed by atoms with Crippen LogP contribution in [0.4, 0.5) is 10.7 Å². The summed E-state index contributed by atoms with van der Waals surface area (Å²) in [7, 11) is 0. The largest absolute Gasteiger partial charge is 0.502 e. The number of furan rings is 1. The lowest BCUT2D eigenvalue weighted by Crippen LogP contribution is -2.00. The lowest BCUT2D eigenvalue weighted by atomic mass is 9.93. The summed E-state index contributed by atoms with van der Waals surface area (Å²) in [6, 6.07) is 3.57. The van der Waals surface area contributed by atoms with Gasteiger partial charge in [0.15, 0.2) is 0 Å². The maximum atomic E-state index is 11.5. The van der Waals surface area contributed by atoms with Crippen molar-refractivity contribution >= 4 is 39.2 Å². The Morgan fingerprint density at radius 1 is 1.20 bits per heavy atom. The van der Waals surface area contributed by atoms with Crippen LogP contribution in [0.25, 0.3) is 11.0 Å². The van der Waals surface area contributed by atoms with E-state index < -0.39 is 16.4 Å². The molecule has 1 aromatic carbocycles. The van der Waals surface area contributed by atoms with E-state index in [-0.39, 0.29) is 0 Å². The number of phenolic OH excluding ortho intramolecular Hbond substituents is 1. The maximum absolute atomic E-state index is 11.5. The van der Waals surface area contributed by atoms with Crippen molar-refractivity contribution in [2.75, 3.05) is 0 Å². The Balaban J connectivity index is 1.70. The van der Waals surface area contributed by atoms with Crippen molar-refractivity contribution in [1.29, 1.82) is 5.26 Å². The zero-order valence-corrected chi connectivity index (χ0v) is 17.0. The number of nitro benzene ring substituents is 1. The summed E-state index contributed by atoms with van der Waals surface area (Å²) >= 11 is 1.50. The number of benzene rings is 1. The number of fused-ring (bicyclic) bond motifs is 4. The van der Waals surface area contributed by atoms with E-state index in [9.17, 15) is 20.5 Å². The fourth-order valence-corrected chi connectivity index (χ4v) is 5.76. The van der Waals surface area contributed by atoms with Crippen LogP contribution in [0.15, 0.2) is 15.5 Å². The Kier molecular flexibility index (Phi) is 4.55. The average Bonchev–Trinajstić information content (AvgIpc) is 3.30. The van der Waals surface area contributed by atoms with Gasteiger partial charge in [-0.3, -0.25) is 10.1 Å². The standard InChI is InChI=1S/C22H19N3O4S/c23-10-14-12-5-2-4-8-19(12)30-22(14)24-11-15-20-13-6-1-3-7-17(13)29-18(20)9-16(21(15)26)25(27)28/h9,11,26H,1-8H2. The molecule has 0 spiro atoms. The second-order valence-corrected chi connectivity index (χ2v) is 8.84.